The fourth-order valence-electron chi connectivity index (χ4n) is 2.21. The molecule has 0 aliphatic heterocycles. The molecule has 1 aromatic carbocycles. The van der Waals surface area contributed by atoms with E-state index in [-0.39, 0.29) is 18.5 Å². The number of hydrogen-bond acceptors (Lipinski definition) is 6. The maximum Gasteiger partial charge on any atom is 0.225 e. The van der Waals surface area contributed by atoms with Gasteiger partial charge in [-0.1, -0.05) is 6.07 Å². The van der Waals surface area contributed by atoms with Crippen LogP contribution < -0.4 is 10.6 Å². The zero-order valence-electron chi connectivity index (χ0n) is 13.9. The molecule has 0 aliphatic carbocycles. The number of pyridine rings is 1. The third-order valence-corrected chi connectivity index (χ3v) is 4.14. The summed E-state index contributed by atoms with van der Waals surface area (Å²) < 4.78 is 14.1. The molecule has 0 bridgehead atoms. The van der Waals surface area contributed by atoms with Crippen LogP contribution in [0.1, 0.15) is 6.92 Å². The Labute approximate surface area is 158 Å². The summed E-state index contributed by atoms with van der Waals surface area (Å²) in [5.41, 5.74) is 1.84. The van der Waals surface area contributed by atoms with Crippen LogP contribution in [0.3, 0.4) is 0 Å². The first-order chi connectivity index (χ1) is 12.5. The molecule has 3 aromatic rings. The highest BCUT2D eigenvalue weighted by molar-refractivity contribution is 9.10. The Kier molecular flexibility index (Phi) is 5.75. The van der Waals surface area contributed by atoms with Crippen LogP contribution >= 0.6 is 15.9 Å². The first-order valence-electron chi connectivity index (χ1n) is 7.95. The second-order valence-corrected chi connectivity index (χ2v) is 6.51. The molecule has 2 heterocycles. The molecule has 2 aromatic heterocycles. The molecule has 0 amide bonds. The van der Waals surface area contributed by atoms with Crippen molar-refractivity contribution >= 4 is 33.4 Å². The first-order valence-corrected chi connectivity index (χ1v) is 8.74. The van der Waals surface area contributed by atoms with Crippen molar-refractivity contribution in [2.24, 2.45) is 0 Å². The number of rotatable bonds is 6. The average molecular weight is 418 g/mol. The van der Waals surface area contributed by atoms with Gasteiger partial charge in [0.1, 0.15) is 11.6 Å². The lowest BCUT2D eigenvalue weighted by atomic mass is 10.2. The number of aliphatic hydroxyl groups is 1. The van der Waals surface area contributed by atoms with Gasteiger partial charge in [-0.25, -0.2) is 9.37 Å². The maximum absolute atomic E-state index is 13.8. The van der Waals surface area contributed by atoms with Crippen LogP contribution in [0.25, 0.3) is 11.4 Å². The summed E-state index contributed by atoms with van der Waals surface area (Å²) in [7, 11) is 0. The van der Waals surface area contributed by atoms with Crippen LogP contribution in [0, 0.1) is 5.82 Å². The van der Waals surface area contributed by atoms with Crippen LogP contribution in [0.2, 0.25) is 0 Å². The summed E-state index contributed by atoms with van der Waals surface area (Å²) in [5.74, 6) is 0.450. The topological polar surface area (TPSA) is 83.0 Å². The van der Waals surface area contributed by atoms with Gasteiger partial charge in [0.25, 0.3) is 0 Å². The van der Waals surface area contributed by atoms with Crippen LogP contribution in [-0.2, 0) is 0 Å². The summed E-state index contributed by atoms with van der Waals surface area (Å²) >= 11 is 3.13. The molecule has 134 valence electrons. The Hall–Kier alpha value is -2.58. The zero-order chi connectivity index (χ0) is 18.5. The fraction of sp³-hybridized carbons (Fsp3) is 0.167. The van der Waals surface area contributed by atoms with Crippen molar-refractivity contribution in [3.63, 3.8) is 0 Å². The van der Waals surface area contributed by atoms with Crippen molar-refractivity contribution in [2.75, 3.05) is 17.2 Å². The molecule has 0 fully saturated rings. The molecule has 0 unspecified atom stereocenters. The van der Waals surface area contributed by atoms with Gasteiger partial charge < -0.3 is 15.7 Å². The molecular weight excluding hydrogens is 401 g/mol. The van der Waals surface area contributed by atoms with Crippen LogP contribution in [-0.4, -0.2) is 32.7 Å². The second kappa shape index (κ2) is 8.20. The van der Waals surface area contributed by atoms with Gasteiger partial charge in [-0.3, -0.25) is 4.98 Å². The smallest absolute Gasteiger partial charge is 0.225 e. The molecule has 0 saturated carbocycles. The van der Waals surface area contributed by atoms with Gasteiger partial charge >= 0.3 is 0 Å². The van der Waals surface area contributed by atoms with E-state index in [1.807, 2.05) is 25.1 Å². The normalized spacial score (nSPS) is 11.8. The van der Waals surface area contributed by atoms with Crippen molar-refractivity contribution in [1.82, 2.24) is 15.0 Å². The molecular formula is C18H17BrFN5O. The highest BCUT2D eigenvalue weighted by Crippen LogP contribution is 2.25. The number of benzene rings is 1. The van der Waals surface area contributed by atoms with Crippen LogP contribution in [0.15, 0.2) is 53.1 Å². The molecule has 3 rings (SSSR count). The predicted molar refractivity (Wildman–Crippen MR) is 103 cm³/mol. The van der Waals surface area contributed by atoms with E-state index in [4.69, 9.17) is 0 Å². The lowest BCUT2D eigenvalue weighted by Crippen LogP contribution is -2.21. The van der Waals surface area contributed by atoms with E-state index in [0.29, 0.717) is 33.3 Å². The molecule has 6 nitrogen and oxygen atoms in total. The van der Waals surface area contributed by atoms with Crippen molar-refractivity contribution in [1.29, 1.82) is 0 Å². The van der Waals surface area contributed by atoms with Gasteiger partial charge in [-0.05, 0) is 53.2 Å². The summed E-state index contributed by atoms with van der Waals surface area (Å²) in [6.07, 6.45) is 1.68. The lowest BCUT2D eigenvalue weighted by Gasteiger charge is -2.14. The van der Waals surface area contributed by atoms with Gasteiger partial charge in [-0.2, -0.15) is 4.98 Å². The van der Waals surface area contributed by atoms with Gasteiger partial charge in [0.15, 0.2) is 0 Å². The molecule has 0 spiro atoms. The molecule has 0 aliphatic rings. The summed E-state index contributed by atoms with van der Waals surface area (Å²) in [5, 5.41) is 15.3. The average Bonchev–Trinajstić information content (AvgIpc) is 2.65. The fourth-order valence-corrected chi connectivity index (χ4v) is 2.46. The van der Waals surface area contributed by atoms with E-state index in [9.17, 15) is 9.50 Å². The number of halogens is 2. The minimum Gasteiger partial charge on any atom is -0.394 e. The van der Waals surface area contributed by atoms with E-state index in [2.05, 4.69) is 41.5 Å². The van der Waals surface area contributed by atoms with Crippen molar-refractivity contribution < 1.29 is 9.50 Å². The Bertz CT molecular complexity index is 894. The standard InChI is InChI=1S/C18H17BrFN5O/c1-11(10-26)22-18-24-16(15-4-2-3-7-21-15)9-17(25-18)23-12-5-6-13(19)14(20)8-12/h2-9,11,26H,10H2,1H3,(H2,22,23,24,25)/t11-/m0/s1. The molecule has 0 radical (unpaired) electrons. The lowest BCUT2D eigenvalue weighted by molar-refractivity contribution is 0.281. The molecule has 3 N–H and O–H groups in total. The quantitative estimate of drug-likeness (QED) is 0.562. The van der Waals surface area contributed by atoms with Crippen LogP contribution in [0.5, 0.6) is 0 Å². The van der Waals surface area contributed by atoms with Gasteiger partial charge in [-0.15, -0.1) is 0 Å². The Balaban J connectivity index is 1.97. The van der Waals surface area contributed by atoms with Gasteiger partial charge in [0.2, 0.25) is 5.95 Å². The number of nitrogens with one attached hydrogen (secondary N) is 2. The monoisotopic (exact) mass is 417 g/mol. The Morgan fingerprint density at radius 1 is 1.15 bits per heavy atom. The molecule has 8 heteroatoms. The predicted octanol–water partition coefficient (Wildman–Crippen LogP) is 3.98. The number of aromatic nitrogens is 3. The van der Waals surface area contributed by atoms with E-state index in [0.717, 1.165) is 0 Å². The van der Waals surface area contributed by atoms with Crippen molar-refractivity contribution in [2.45, 2.75) is 13.0 Å². The SMILES string of the molecule is C[C@@H](CO)Nc1nc(Nc2ccc(Br)c(F)c2)cc(-c2ccccn2)n1. The largest absolute Gasteiger partial charge is 0.394 e. The highest BCUT2D eigenvalue weighted by Gasteiger charge is 2.10. The second-order valence-electron chi connectivity index (χ2n) is 5.66. The Morgan fingerprint density at radius 2 is 2.00 bits per heavy atom. The summed E-state index contributed by atoms with van der Waals surface area (Å²) in [6, 6.07) is 11.8. The molecule has 0 saturated heterocycles. The minimum absolute atomic E-state index is 0.0577. The molecule has 26 heavy (non-hydrogen) atoms. The van der Waals surface area contributed by atoms with Gasteiger partial charge in [0.05, 0.1) is 22.5 Å². The van der Waals surface area contributed by atoms with Crippen molar-refractivity contribution in [3.05, 3.63) is 59.0 Å². The molecule has 1 atom stereocenters. The van der Waals surface area contributed by atoms with E-state index < -0.39 is 0 Å². The maximum atomic E-state index is 13.8. The third-order valence-electron chi connectivity index (χ3n) is 3.49. The number of aliphatic hydroxyl groups excluding tert-OH is 1. The van der Waals surface area contributed by atoms with Gasteiger partial charge in [0, 0.05) is 24.0 Å². The summed E-state index contributed by atoms with van der Waals surface area (Å²) in [6.45, 7) is 1.76. The zero-order valence-corrected chi connectivity index (χ0v) is 15.5. The third kappa shape index (κ3) is 4.53. The van der Waals surface area contributed by atoms with Crippen molar-refractivity contribution in [3.8, 4) is 11.4 Å². The minimum atomic E-state index is -0.374. The van der Waals surface area contributed by atoms with E-state index >= 15 is 0 Å². The van der Waals surface area contributed by atoms with E-state index in [1.54, 1.807) is 24.4 Å². The number of hydrogen-bond donors (Lipinski definition) is 3. The Morgan fingerprint density at radius 3 is 2.69 bits per heavy atom. The number of anilines is 3. The van der Waals surface area contributed by atoms with E-state index in [1.165, 1.54) is 6.07 Å². The highest BCUT2D eigenvalue weighted by atomic mass is 79.9. The first kappa shape index (κ1) is 18.2. The summed E-state index contributed by atoms with van der Waals surface area (Å²) in [4.78, 5) is 13.1. The van der Waals surface area contributed by atoms with Crippen LogP contribution in [0.4, 0.5) is 21.8 Å². The number of nitrogens with zero attached hydrogens (tertiary/aromatic N) is 3.